The van der Waals surface area contributed by atoms with Crippen molar-refractivity contribution in [1.29, 1.82) is 0 Å². The molecule has 2 aromatic carbocycles. The number of nitrogens with two attached hydrogens (primary N) is 1. The number of rotatable bonds is 22. The third-order valence-corrected chi connectivity index (χ3v) is 13.6. The number of aromatic nitrogens is 3. The van der Waals surface area contributed by atoms with E-state index in [1.54, 1.807) is 50.4 Å². The summed E-state index contributed by atoms with van der Waals surface area (Å²) in [5, 5.41) is 5.50. The molecule has 3 N–H and O–H groups in total. The van der Waals surface area contributed by atoms with Gasteiger partial charge in [-0.2, -0.15) is 9.36 Å². The number of anilines is 2. The van der Waals surface area contributed by atoms with Gasteiger partial charge in [-0.05, 0) is 91.2 Å². The van der Waals surface area contributed by atoms with Gasteiger partial charge in [0.25, 0.3) is 18.7 Å². The highest BCUT2D eigenvalue weighted by molar-refractivity contribution is 14.1. The highest BCUT2D eigenvalue weighted by atomic mass is 127. The number of nitrogens with zero attached hydrogens (tertiary/aromatic N) is 9. The van der Waals surface area contributed by atoms with E-state index < -0.39 is 47.4 Å². The number of hydrogen-bond donors (Lipinski definition) is 2. The summed E-state index contributed by atoms with van der Waals surface area (Å²) in [6, 6.07) is 18.4. The Kier molecular flexibility index (Phi) is 24.5. The van der Waals surface area contributed by atoms with Crippen molar-refractivity contribution in [3.05, 3.63) is 95.1 Å². The van der Waals surface area contributed by atoms with Crippen LogP contribution in [0.5, 0.6) is 11.5 Å². The molecule has 25 heteroatoms. The number of amides is 3. The van der Waals surface area contributed by atoms with Crippen molar-refractivity contribution in [1.82, 2.24) is 29.4 Å². The molecule has 0 aliphatic carbocycles. The molecule has 0 spiro atoms. The molecule has 0 bridgehead atoms. The Labute approximate surface area is 476 Å². The first kappa shape index (κ1) is 62.0. The number of carbonyl (C=O) groups is 4. The fraction of sp³-hybridized carbons (Fsp3) is 0.460. The van der Waals surface area contributed by atoms with Crippen LogP contribution in [-0.2, 0) is 48.4 Å². The lowest BCUT2D eigenvalue weighted by atomic mass is 10.0. The van der Waals surface area contributed by atoms with Gasteiger partial charge in [-0.1, -0.05) is 65.9 Å². The van der Waals surface area contributed by atoms with Gasteiger partial charge in [-0.25, -0.2) is 18.5 Å². The van der Waals surface area contributed by atoms with Gasteiger partial charge >= 0.3 is 17.9 Å². The van der Waals surface area contributed by atoms with E-state index in [-0.39, 0.29) is 53.3 Å². The number of esters is 1. The van der Waals surface area contributed by atoms with E-state index in [0.29, 0.717) is 34.9 Å². The van der Waals surface area contributed by atoms with Crippen molar-refractivity contribution >= 4 is 98.4 Å². The number of β-lactam (4-membered cyclic amide) rings is 1. The number of alkyl halides is 2. The minimum atomic E-state index is -1.28. The summed E-state index contributed by atoms with van der Waals surface area (Å²) in [6.45, 7) is 11.7. The van der Waals surface area contributed by atoms with Gasteiger partial charge < -0.3 is 73.5 Å². The van der Waals surface area contributed by atoms with Crippen LogP contribution < -0.4 is 54.0 Å². The average molecular weight is 1300 g/mol. The highest BCUT2D eigenvalue weighted by Gasteiger charge is 2.54. The number of thioether (sulfide) groups is 1. The molecule has 0 saturated carbocycles. The molecule has 1 saturated heterocycles. The molecule has 2 unspecified atom stereocenters. The second kappa shape index (κ2) is 29.7. The number of hydrogen-bond acceptors (Lipinski definition) is 17. The number of ether oxygens (including phenoxy) is 4. The predicted molar refractivity (Wildman–Crippen MR) is 292 cm³/mol. The summed E-state index contributed by atoms with van der Waals surface area (Å²) in [7, 11) is 8.96. The number of halogens is 3. The summed E-state index contributed by atoms with van der Waals surface area (Å²) in [6.07, 6.45) is 4.41. The monoisotopic (exact) mass is 1300 g/mol. The summed E-state index contributed by atoms with van der Waals surface area (Å²) in [5.74, 6) is 1.22. The first-order valence-corrected chi connectivity index (χ1v) is 26.9. The molecule has 2 aliphatic heterocycles. The quantitative estimate of drug-likeness (QED) is 0.0167. The van der Waals surface area contributed by atoms with Crippen LogP contribution in [0.4, 0.5) is 25.8 Å². The van der Waals surface area contributed by atoms with Crippen LogP contribution in [-0.4, -0.2) is 142 Å². The molecule has 4 aromatic rings. The second-order valence-electron chi connectivity index (χ2n) is 18.5. The Morgan fingerprint density at radius 3 is 2.24 bits per heavy atom. The third-order valence-electron chi connectivity index (χ3n) is 10.8. The van der Waals surface area contributed by atoms with Crippen LogP contribution in [0.2, 0.25) is 0 Å². The largest absolute Gasteiger partial charge is 1.00 e. The lowest BCUT2D eigenvalue weighted by molar-refractivity contribution is -0.689. The number of pyridine rings is 1. The smallest absolute Gasteiger partial charge is 0.410 e. The number of oxime groups is 1. The topological polar surface area (TPSA) is 220 Å². The zero-order chi connectivity index (χ0) is 54.1. The van der Waals surface area contributed by atoms with Crippen LogP contribution >= 0.6 is 45.9 Å². The lowest BCUT2D eigenvalue weighted by Crippen LogP contribution is -3.00. The molecule has 4 heterocycles. The minimum absolute atomic E-state index is 0. The number of benzene rings is 2. The Morgan fingerprint density at radius 2 is 1.68 bits per heavy atom. The number of aliphatic imine (C=N–C) groups is 1. The van der Waals surface area contributed by atoms with Crippen molar-refractivity contribution in [2.45, 2.75) is 77.8 Å². The first-order chi connectivity index (χ1) is 35.3. The standard InChI is InChI=1S/C29H46N5O3.C21H20FIN6O6S2.HI/c1-23(2)20-34-18-10-12-26(27(34)30-22-31(6)7)33(21-24-13-15-25(36-9)16-14-24)19-11-17-32(8)28(35)37-29(3,4)5;1-33-12-4-2-10(3-5-12)7-34-20(32)15-11(6-23)8-36-19-14(18(31)29(15)19)25-17(30)13(27-35-9-22)16-26-21(24)37-28-16;/h10,12-16,18,22-23H,11,17,19-21H2,1-9H3;2-5,14,19H,6-9H2,1H3,(H,25,30)(H2,24,26,28);1H/q+1;;/p-1/b;27-13-;. The van der Waals surface area contributed by atoms with E-state index in [9.17, 15) is 23.6 Å². The van der Waals surface area contributed by atoms with E-state index in [0.717, 1.165) is 59.4 Å². The van der Waals surface area contributed by atoms with Crippen LogP contribution in [0.1, 0.15) is 58.0 Å². The van der Waals surface area contributed by atoms with Crippen molar-refractivity contribution in [2.24, 2.45) is 16.1 Å². The Balaban J connectivity index is 0.000000320. The molecular weight excluding hydrogens is 1240 g/mol. The number of nitrogen functional groups attached to an aromatic ring is 1. The van der Waals surface area contributed by atoms with Crippen molar-refractivity contribution in [2.75, 3.05) is 76.1 Å². The summed E-state index contributed by atoms with van der Waals surface area (Å²) < 4.78 is 40.6. The first-order valence-electron chi connectivity index (χ1n) is 23.5. The zero-order valence-electron chi connectivity index (χ0n) is 43.8. The molecule has 0 radical (unpaired) electrons. The average Bonchev–Trinajstić information content (AvgIpc) is 3.80. The van der Waals surface area contributed by atoms with Gasteiger partial charge in [0.05, 0.1) is 27.0 Å². The van der Waals surface area contributed by atoms with Crippen LogP contribution in [0, 0.1) is 5.92 Å². The molecule has 20 nitrogen and oxygen atoms in total. The second-order valence-corrected chi connectivity index (χ2v) is 21.2. The van der Waals surface area contributed by atoms with E-state index in [2.05, 4.69) is 101 Å². The van der Waals surface area contributed by atoms with Gasteiger partial charge in [0, 0.05) is 62.5 Å². The number of carbonyl (C=O) groups excluding carboxylic acids is 4. The predicted octanol–water partition coefficient (Wildman–Crippen LogP) is 3.74. The Hall–Kier alpha value is -5.55. The fourth-order valence-electron chi connectivity index (χ4n) is 7.32. The highest BCUT2D eigenvalue weighted by Crippen LogP contribution is 2.41. The number of nitrogens with one attached hydrogen (secondary N) is 1. The van der Waals surface area contributed by atoms with Crippen molar-refractivity contribution in [3.8, 4) is 11.5 Å². The van der Waals surface area contributed by atoms with E-state index >= 15 is 0 Å². The molecule has 75 heavy (non-hydrogen) atoms. The molecule has 3 amide bonds. The summed E-state index contributed by atoms with van der Waals surface area (Å²) in [4.78, 5) is 71.8. The maximum absolute atomic E-state index is 13.1. The van der Waals surface area contributed by atoms with E-state index in [1.807, 2.05) is 58.2 Å². The summed E-state index contributed by atoms with van der Waals surface area (Å²) >= 11 is 4.33. The number of fused-ring (bicyclic) bond motifs is 1. The van der Waals surface area contributed by atoms with Crippen LogP contribution in [0.3, 0.4) is 0 Å². The Bertz CT molecular complexity index is 2640. The Morgan fingerprint density at radius 1 is 1.03 bits per heavy atom. The van der Waals surface area contributed by atoms with E-state index in [1.165, 1.54) is 22.2 Å². The van der Waals surface area contributed by atoms with Gasteiger partial charge in [-0.3, -0.25) is 14.5 Å². The van der Waals surface area contributed by atoms with Crippen LogP contribution in [0.25, 0.3) is 0 Å². The van der Waals surface area contributed by atoms with Gasteiger partial charge in [0.15, 0.2) is 5.13 Å². The molecular formula is C50H66FI2N11O9S2. The van der Waals surface area contributed by atoms with Crippen molar-refractivity contribution < 1.29 is 75.9 Å². The van der Waals surface area contributed by atoms with Crippen molar-refractivity contribution in [3.63, 3.8) is 0 Å². The maximum Gasteiger partial charge on any atom is 0.410 e. The molecule has 408 valence electrons. The van der Waals surface area contributed by atoms with Gasteiger partial charge in [0.2, 0.25) is 17.9 Å². The number of methoxy groups -OCH3 is 2. The van der Waals surface area contributed by atoms with Gasteiger partial charge in [0.1, 0.15) is 46.5 Å². The summed E-state index contributed by atoms with van der Waals surface area (Å²) in [5.41, 5.74) is 8.52. The minimum Gasteiger partial charge on any atom is -1.00 e. The third kappa shape index (κ3) is 18.0. The fourth-order valence-corrected chi connectivity index (χ4v) is 10.1. The van der Waals surface area contributed by atoms with Crippen LogP contribution in [0.15, 0.2) is 88.3 Å². The van der Waals surface area contributed by atoms with Gasteiger partial charge in [-0.15, -0.1) is 11.8 Å². The zero-order valence-corrected chi connectivity index (χ0v) is 49.7. The normalized spacial score (nSPS) is 15.2. The molecule has 1 fully saturated rings. The SMILES string of the molecule is COc1ccc(CN(CCCN(C)C(=O)OC(C)(C)C)c2ccc[n+](CC(C)C)c2N=CN(C)C)cc1.COc1ccc(COC(=O)C2=C(CI)CSC3C(NC(=O)/C(=N\OCF)c4nsc(N)n4)C(=O)N23)cc1.[I-]. The molecule has 2 aliphatic rings. The lowest BCUT2D eigenvalue weighted by Gasteiger charge is -2.49. The maximum atomic E-state index is 13.1. The molecule has 6 rings (SSSR count). The molecule has 2 atom stereocenters. The molecule has 2 aromatic heterocycles. The van der Waals surface area contributed by atoms with E-state index in [4.69, 9.17) is 29.7 Å².